The van der Waals surface area contributed by atoms with Crippen molar-refractivity contribution >= 4 is 29.3 Å². The first kappa shape index (κ1) is 19.6. The highest BCUT2D eigenvalue weighted by Crippen LogP contribution is 2.28. The Hall–Kier alpha value is -2.74. The molecule has 7 nitrogen and oxygen atoms in total. The highest BCUT2D eigenvalue weighted by Gasteiger charge is 2.18. The fourth-order valence-corrected chi connectivity index (χ4v) is 2.55. The van der Waals surface area contributed by atoms with Crippen LogP contribution in [0.3, 0.4) is 0 Å². The molecule has 0 atom stereocenters. The second kappa shape index (κ2) is 8.57. The van der Waals surface area contributed by atoms with Gasteiger partial charge >= 0.3 is 11.7 Å². The standard InChI is InChI=1S/C17H17ClFN3O4/c1-3-4-9-21-17(18)13(11(2)20-21)6-8-16(23)26-15-10-12(19)5-7-14(15)22(24)25/h5-8,10H,3-4,9H2,1-2H3. The number of ether oxygens (including phenoxy) is 1. The summed E-state index contributed by atoms with van der Waals surface area (Å²) in [6.45, 7) is 4.45. The zero-order valence-electron chi connectivity index (χ0n) is 14.2. The molecule has 1 aromatic carbocycles. The van der Waals surface area contributed by atoms with Gasteiger partial charge < -0.3 is 4.74 Å². The molecule has 0 aliphatic heterocycles. The number of esters is 1. The number of unbranched alkanes of at least 4 members (excludes halogenated alkanes) is 1. The Bertz CT molecular complexity index is 864. The number of nitro groups is 1. The average Bonchev–Trinajstić information content (AvgIpc) is 2.84. The van der Waals surface area contributed by atoms with Gasteiger partial charge in [-0.15, -0.1) is 0 Å². The molecule has 2 rings (SSSR count). The second-order valence-electron chi connectivity index (χ2n) is 5.49. The lowest BCUT2D eigenvalue weighted by Crippen LogP contribution is -2.06. The van der Waals surface area contributed by atoms with E-state index in [9.17, 15) is 19.3 Å². The first-order valence-corrected chi connectivity index (χ1v) is 8.28. The maximum absolute atomic E-state index is 13.3. The molecule has 26 heavy (non-hydrogen) atoms. The van der Waals surface area contributed by atoms with Crippen LogP contribution in [0.4, 0.5) is 10.1 Å². The Balaban J connectivity index is 2.17. The Kier molecular flexibility index (Phi) is 6.46. The minimum atomic E-state index is -0.893. The van der Waals surface area contributed by atoms with Crippen molar-refractivity contribution in [3.63, 3.8) is 0 Å². The Morgan fingerprint density at radius 1 is 1.50 bits per heavy atom. The van der Waals surface area contributed by atoms with Crippen LogP contribution < -0.4 is 4.74 Å². The van der Waals surface area contributed by atoms with Crippen molar-refractivity contribution in [3.8, 4) is 5.75 Å². The van der Waals surface area contributed by atoms with E-state index in [-0.39, 0.29) is 0 Å². The van der Waals surface area contributed by atoms with Crippen LogP contribution in [0, 0.1) is 22.9 Å². The summed E-state index contributed by atoms with van der Waals surface area (Å²) in [5, 5.41) is 15.6. The minimum absolute atomic E-state index is 0.386. The van der Waals surface area contributed by atoms with Crippen molar-refractivity contribution in [2.24, 2.45) is 0 Å². The van der Waals surface area contributed by atoms with Crippen LogP contribution in [0.5, 0.6) is 5.75 Å². The van der Waals surface area contributed by atoms with E-state index >= 15 is 0 Å². The maximum atomic E-state index is 13.3. The molecule has 0 saturated carbocycles. The summed E-state index contributed by atoms with van der Waals surface area (Å²) < 4.78 is 19.8. The Morgan fingerprint density at radius 2 is 2.23 bits per heavy atom. The number of nitrogens with zero attached hydrogens (tertiary/aromatic N) is 3. The molecule has 0 amide bonds. The van der Waals surface area contributed by atoms with Crippen LogP contribution in [0.1, 0.15) is 31.0 Å². The van der Waals surface area contributed by atoms with Gasteiger partial charge in [-0.3, -0.25) is 14.8 Å². The lowest BCUT2D eigenvalue weighted by Gasteiger charge is -2.03. The van der Waals surface area contributed by atoms with Crippen LogP contribution in [0.25, 0.3) is 6.08 Å². The monoisotopic (exact) mass is 381 g/mol. The molecule has 9 heteroatoms. The largest absolute Gasteiger partial charge is 0.416 e. The number of halogens is 2. The third-order valence-corrected chi connectivity index (χ3v) is 3.95. The number of aryl methyl sites for hydroxylation is 2. The first-order valence-electron chi connectivity index (χ1n) is 7.90. The van der Waals surface area contributed by atoms with Crippen molar-refractivity contribution in [3.05, 3.63) is 56.6 Å². The summed E-state index contributed by atoms with van der Waals surface area (Å²) >= 11 is 6.25. The number of carbonyl (C=O) groups excluding carboxylic acids is 1. The summed E-state index contributed by atoms with van der Waals surface area (Å²) in [4.78, 5) is 22.1. The highest BCUT2D eigenvalue weighted by atomic mass is 35.5. The molecule has 0 aliphatic rings. The number of benzene rings is 1. The lowest BCUT2D eigenvalue weighted by atomic mass is 10.2. The number of nitro benzene ring substituents is 1. The zero-order chi connectivity index (χ0) is 19.3. The van der Waals surface area contributed by atoms with Gasteiger partial charge in [0.25, 0.3) is 0 Å². The number of hydrogen-bond donors (Lipinski definition) is 0. The van der Waals surface area contributed by atoms with E-state index in [4.69, 9.17) is 16.3 Å². The van der Waals surface area contributed by atoms with Gasteiger partial charge in [-0.1, -0.05) is 24.9 Å². The SMILES string of the molecule is CCCCn1nc(C)c(C=CC(=O)Oc2cc(F)ccc2[N+](=O)[O-])c1Cl. The van der Waals surface area contributed by atoms with E-state index in [1.807, 2.05) is 6.92 Å². The molecule has 0 spiro atoms. The van der Waals surface area contributed by atoms with E-state index < -0.39 is 28.1 Å². The van der Waals surface area contributed by atoms with Crippen molar-refractivity contribution in [2.45, 2.75) is 33.2 Å². The van der Waals surface area contributed by atoms with Gasteiger partial charge in [0.1, 0.15) is 11.0 Å². The average molecular weight is 382 g/mol. The molecule has 1 aromatic heterocycles. The van der Waals surface area contributed by atoms with Crippen LogP contribution in [-0.4, -0.2) is 20.7 Å². The molecule has 0 N–H and O–H groups in total. The summed E-state index contributed by atoms with van der Waals surface area (Å²) in [6, 6.07) is 2.63. The molecule has 0 aliphatic carbocycles. The van der Waals surface area contributed by atoms with Gasteiger partial charge in [0, 0.05) is 30.3 Å². The zero-order valence-corrected chi connectivity index (χ0v) is 15.0. The lowest BCUT2D eigenvalue weighted by molar-refractivity contribution is -0.385. The predicted molar refractivity (Wildman–Crippen MR) is 94.6 cm³/mol. The predicted octanol–water partition coefficient (Wildman–Crippen LogP) is 4.31. The summed E-state index contributed by atoms with van der Waals surface area (Å²) in [6.07, 6.45) is 4.38. The van der Waals surface area contributed by atoms with Gasteiger partial charge in [0.05, 0.1) is 10.6 Å². The molecule has 0 radical (unpaired) electrons. The number of carbonyl (C=O) groups is 1. The van der Waals surface area contributed by atoms with Gasteiger partial charge in [0.15, 0.2) is 0 Å². The normalized spacial score (nSPS) is 11.1. The molecule has 0 saturated heterocycles. The molecule has 2 aromatic rings. The molecular formula is C17H17ClFN3O4. The molecule has 0 unspecified atom stereocenters. The maximum Gasteiger partial charge on any atom is 0.336 e. The van der Waals surface area contributed by atoms with Gasteiger partial charge in [0.2, 0.25) is 5.75 Å². The smallest absolute Gasteiger partial charge is 0.336 e. The minimum Gasteiger partial charge on any atom is -0.416 e. The van der Waals surface area contributed by atoms with Crippen LogP contribution in [0.15, 0.2) is 24.3 Å². The van der Waals surface area contributed by atoms with Crippen molar-refractivity contribution < 1.29 is 18.8 Å². The molecule has 0 fully saturated rings. The van der Waals surface area contributed by atoms with Crippen LogP contribution in [0.2, 0.25) is 5.15 Å². The summed E-state index contributed by atoms with van der Waals surface area (Å²) in [7, 11) is 0. The number of hydrogen-bond acceptors (Lipinski definition) is 5. The fraction of sp³-hybridized carbons (Fsp3) is 0.294. The van der Waals surface area contributed by atoms with Crippen molar-refractivity contribution in [1.82, 2.24) is 9.78 Å². The molecular weight excluding hydrogens is 365 g/mol. The summed E-state index contributed by atoms with van der Waals surface area (Å²) in [5.41, 5.74) is 0.676. The van der Waals surface area contributed by atoms with Crippen LogP contribution >= 0.6 is 11.6 Å². The van der Waals surface area contributed by atoms with Gasteiger partial charge in [-0.2, -0.15) is 5.10 Å². The molecule has 138 valence electrons. The Morgan fingerprint density at radius 3 is 2.88 bits per heavy atom. The van der Waals surface area contributed by atoms with Gasteiger partial charge in [-0.05, 0) is 25.5 Å². The quantitative estimate of drug-likeness (QED) is 0.234. The molecule has 0 bridgehead atoms. The third-order valence-electron chi connectivity index (χ3n) is 3.55. The van der Waals surface area contributed by atoms with Crippen molar-refractivity contribution in [1.29, 1.82) is 0 Å². The van der Waals surface area contributed by atoms with E-state index in [2.05, 4.69) is 5.10 Å². The Labute approximate surface area is 154 Å². The number of rotatable bonds is 7. The van der Waals surface area contributed by atoms with Gasteiger partial charge in [-0.25, -0.2) is 9.18 Å². The second-order valence-corrected chi connectivity index (χ2v) is 5.85. The number of aromatic nitrogens is 2. The van der Waals surface area contributed by atoms with Crippen molar-refractivity contribution in [2.75, 3.05) is 0 Å². The van der Waals surface area contributed by atoms with E-state index in [1.54, 1.807) is 11.6 Å². The first-order chi connectivity index (χ1) is 12.3. The topological polar surface area (TPSA) is 87.3 Å². The van der Waals surface area contributed by atoms with E-state index in [0.29, 0.717) is 23.0 Å². The van der Waals surface area contributed by atoms with E-state index in [1.165, 1.54) is 6.08 Å². The van der Waals surface area contributed by atoms with Crippen LogP contribution in [-0.2, 0) is 11.3 Å². The highest BCUT2D eigenvalue weighted by molar-refractivity contribution is 6.31. The van der Waals surface area contributed by atoms with E-state index in [0.717, 1.165) is 37.1 Å². The summed E-state index contributed by atoms with van der Waals surface area (Å²) in [5.74, 6) is -2.11. The molecule has 1 heterocycles. The third kappa shape index (κ3) is 4.66. The fourth-order valence-electron chi connectivity index (χ4n) is 2.23.